The van der Waals surface area contributed by atoms with Gasteiger partial charge < -0.3 is 13.6 Å². The number of rotatable bonds is 6. The molecule has 26 heavy (non-hydrogen) atoms. The molecule has 1 saturated heterocycles. The predicted octanol–water partition coefficient (Wildman–Crippen LogP) is 3.68. The number of benzene rings is 1. The second kappa shape index (κ2) is 7.29. The standard InChI is InChI=1S/C19H20FN3O3/c1-13-2-5-17(25-13)11-23-9-8-14(10-23)19-22-21-18(26-19)12-24-16-6-3-15(20)4-7-16/h2-7,14H,8-12H2,1H3/t14-/m0/s1. The molecule has 7 heteroatoms. The lowest BCUT2D eigenvalue weighted by atomic mass is 10.1. The molecule has 0 unspecified atom stereocenters. The zero-order chi connectivity index (χ0) is 17.9. The summed E-state index contributed by atoms with van der Waals surface area (Å²) in [6.07, 6.45) is 0.972. The fourth-order valence-corrected chi connectivity index (χ4v) is 3.13. The van der Waals surface area contributed by atoms with Crippen molar-refractivity contribution in [3.8, 4) is 5.75 Å². The van der Waals surface area contributed by atoms with E-state index in [1.807, 2.05) is 19.1 Å². The van der Waals surface area contributed by atoms with Crippen LogP contribution in [0.1, 0.15) is 35.6 Å². The van der Waals surface area contributed by atoms with Crippen molar-refractivity contribution in [1.29, 1.82) is 0 Å². The summed E-state index contributed by atoms with van der Waals surface area (Å²) in [6, 6.07) is 9.83. The van der Waals surface area contributed by atoms with E-state index in [0.29, 0.717) is 17.5 Å². The fourth-order valence-electron chi connectivity index (χ4n) is 3.13. The maximum absolute atomic E-state index is 12.9. The molecule has 136 valence electrons. The number of likely N-dealkylation sites (tertiary alicyclic amines) is 1. The van der Waals surface area contributed by atoms with Gasteiger partial charge in [-0.05, 0) is 56.3 Å². The molecule has 0 spiro atoms. The molecule has 1 fully saturated rings. The summed E-state index contributed by atoms with van der Waals surface area (Å²) in [7, 11) is 0. The minimum atomic E-state index is -0.298. The lowest BCUT2D eigenvalue weighted by Gasteiger charge is -2.12. The Balaban J connectivity index is 1.31. The van der Waals surface area contributed by atoms with Crippen LogP contribution in [0.5, 0.6) is 5.75 Å². The van der Waals surface area contributed by atoms with Crippen molar-refractivity contribution in [3.05, 3.63) is 65.5 Å². The van der Waals surface area contributed by atoms with Crippen LogP contribution >= 0.6 is 0 Å². The van der Waals surface area contributed by atoms with Crippen molar-refractivity contribution in [2.45, 2.75) is 32.4 Å². The SMILES string of the molecule is Cc1ccc(CN2CC[C@H](c3nnc(COc4ccc(F)cc4)o3)C2)o1. The molecule has 1 atom stereocenters. The van der Waals surface area contributed by atoms with Gasteiger partial charge in [0.1, 0.15) is 23.1 Å². The van der Waals surface area contributed by atoms with Crippen LogP contribution in [-0.2, 0) is 13.2 Å². The normalized spacial score (nSPS) is 17.7. The number of halogens is 1. The van der Waals surface area contributed by atoms with E-state index in [1.165, 1.54) is 12.1 Å². The first-order valence-corrected chi connectivity index (χ1v) is 8.64. The van der Waals surface area contributed by atoms with E-state index in [0.717, 1.165) is 37.6 Å². The van der Waals surface area contributed by atoms with Crippen LogP contribution in [0.2, 0.25) is 0 Å². The van der Waals surface area contributed by atoms with Gasteiger partial charge in [-0.1, -0.05) is 0 Å². The summed E-state index contributed by atoms with van der Waals surface area (Å²) in [5, 5.41) is 8.22. The van der Waals surface area contributed by atoms with E-state index in [2.05, 4.69) is 15.1 Å². The Kier molecular flexibility index (Phi) is 4.71. The largest absolute Gasteiger partial charge is 0.484 e. The number of hydrogen-bond donors (Lipinski definition) is 0. The van der Waals surface area contributed by atoms with Crippen molar-refractivity contribution >= 4 is 0 Å². The monoisotopic (exact) mass is 357 g/mol. The molecule has 0 aliphatic carbocycles. The van der Waals surface area contributed by atoms with Crippen molar-refractivity contribution in [1.82, 2.24) is 15.1 Å². The van der Waals surface area contributed by atoms with E-state index >= 15 is 0 Å². The van der Waals surface area contributed by atoms with Gasteiger partial charge >= 0.3 is 0 Å². The number of aryl methyl sites for hydroxylation is 1. The number of nitrogens with zero attached hydrogens (tertiary/aromatic N) is 3. The van der Waals surface area contributed by atoms with Gasteiger partial charge in [-0.3, -0.25) is 4.90 Å². The average molecular weight is 357 g/mol. The van der Waals surface area contributed by atoms with E-state index in [1.54, 1.807) is 12.1 Å². The predicted molar refractivity (Wildman–Crippen MR) is 91.1 cm³/mol. The molecule has 4 rings (SSSR count). The highest BCUT2D eigenvalue weighted by atomic mass is 19.1. The number of furan rings is 1. The van der Waals surface area contributed by atoms with Gasteiger partial charge in [-0.15, -0.1) is 10.2 Å². The topological polar surface area (TPSA) is 64.5 Å². The maximum Gasteiger partial charge on any atom is 0.253 e. The van der Waals surface area contributed by atoms with Crippen molar-refractivity contribution in [3.63, 3.8) is 0 Å². The first-order chi connectivity index (χ1) is 12.7. The van der Waals surface area contributed by atoms with Gasteiger partial charge in [-0.2, -0.15) is 0 Å². The quantitative estimate of drug-likeness (QED) is 0.671. The summed E-state index contributed by atoms with van der Waals surface area (Å²) in [4.78, 5) is 2.32. The van der Waals surface area contributed by atoms with Gasteiger partial charge in [0.15, 0.2) is 6.61 Å². The molecule has 1 aromatic carbocycles. The summed E-state index contributed by atoms with van der Waals surface area (Å²) in [5.74, 6) is 3.45. The molecule has 0 bridgehead atoms. The Labute approximate surface area is 150 Å². The van der Waals surface area contributed by atoms with Crippen molar-refractivity contribution in [2.75, 3.05) is 13.1 Å². The Bertz CT molecular complexity index is 859. The minimum absolute atomic E-state index is 0.167. The van der Waals surface area contributed by atoms with Crippen LogP contribution in [0.25, 0.3) is 0 Å². The third kappa shape index (κ3) is 3.94. The summed E-state index contributed by atoms with van der Waals surface area (Å²) < 4.78 is 29.8. The maximum atomic E-state index is 12.9. The summed E-state index contributed by atoms with van der Waals surface area (Å²) in [5.41, 5.74) is 0. The van der Waals surface area contributed by atoms with Crippen molar-refractivity contribution in [2.24, 2.45) is 0 Å². The third-order valence-corrected chi connectivity index (χ3v) is 4.46. The molecule has 1 aliphatic heterocycles. The lowest BCUT2D eigenvalue weighted by molar-refractivity contribution is 0.253. The van der Waals surface area contributed by atoms with Crippen LogP contribution in [0.15, 0.2) is 45.2 Å². The molecule has 0 amide bonds. The molecule has 0 N–H and O–H groups in total. The molecule has 1 aliphatic rings. The van der Waals surface area contributed by atoms with E-state index in [4.69, 9.17) is 13.6 Å². The molecule has 0 saturated carbocycles. The third-order valence-electron chi connectivity index (χ3n) is 4.46. The van der Waals surface area contributed by atoms with E-state index in [9.17, 15) is 4.39 Å². The highest BCUT2D eigenvalue weighted by Crippen LogP contribution is 2.27. The number of hydrogen-bond acceptors (Lipinski definition) is 6. The second-order valence-electron chi connectivity index (χ2n) is 6.51. The van der Waals surface area contributed by atoms with Crippen LogP contribution in [0.3, 0.4) is 0 Å². The molecular formula is C19H20FN3O3. The Morgan fingerprint density at radius 3 is 2.77 bits per heavy atom. The van der Waals surface area contributed by atoms with Gasteiger partial charge in [0.25, 0.3) is 5.89 Å². The van der Waals surface area contributed by atoms with Gasteiger partial charge in [0.2, 0.25) is 5.89 Å². The molecule has 3 aromatic rings. The Hall–Kier alpha value is -2.67. The van der Waals surface area contributed by atoms with Gasteiger partial charge in [-0.25, -0.2) is 4.39 Å². The summed E-state index contributed by atoms with van der Waals surface area (Å²) >= 11 is 0. The number of aromatic nitrogens is 2. The smallest absolute Gasteiger partial charge is 0.253 e. The second-order valence-corrected chi connectivity index (χ2v) is 6.51. The van der Waals surface area contributed by atoms with Gasteiger partial charge in [0, 0.05) is 6.54 Å². The average Bonchev–Trinajstić information content (AvgIpc) is 3.36. The zero-order valence-electron chi connectivity index (χ0n) is 14.5. The Morgan fingerprint density at radius 2 is 2.00 bits per heavy atom. The summed E-state index contributed by atoms with van der Waals surface area (Å²) in [6.45, 7) is 4.73. The van der Waals surface area contributed by atoms with Crippen LogP contribution < -0.4 is 4.74 Å². The minimum Gasteiger partial charge on any atom is -0.484 e. The molecule has 2 aromatic heterocycles. The fraction of sp³-hybridized carbons (Fsp3) is 0.368. The highest BCUT2D eigenvalue weighted by Gasteiger charge is 2.28. The van der Waals surface area contributed by atoms with Crippen molar-refractivity contribution < 1.29 is 18.0 Å². The Morgan fingerprint density at radius 1 is 1.15 bits per heavy atom. The molecule has 0 radical (unpaired) electrons. The first-order valence-electron chi connectivity index (χ1n) is 8.64. The highest BCUT2D eigenvalue weighted by molar-refractivity contribution is 5.22. The van der Waals surface area contributed by atoms with Crippen LogP contribution in [0, 0.1) is 12.7 Å². The molecule has 6 nitrogen and oxygen atoms in total. The van der Waals surface area contributed by atoms with E-state index in [-0.39, 0.29) is 18.3 Å². The number of ether oxygens (including phenoxy) is 1. The lowest BCUT2D eigenvalue weighted by Crippen LogP contribution is -2.19. The molecule has 3 heterocycles. The van der Waals surface area contributed by atoms with Gasteiger partial charge in [0.05, 0.1) is 12.5 Å². The first kappa shape index (κ1) is 16.8. The van der Waals surface area contributed by atoms with Crippen LogP contribution in [-0.4, -0.2) is 28.2 Å². The zero-order valence-corrected chi connectivity index (χ0v) is 14.5. The molecular weight excluding hydrogens is 337 g/mol. The van der Waals surface area contributed by atoms with Crippen LogP contribution in [0.4, 0.5) is 4.39 Å². The van der Waals surface area contributed by atoms with E-state index < -0.39 is 0 Å².